The number of rotatable bonds is 6. The van der Waals surface area contributed by atoms with Gasteiger partial charge in [0, 0.05) is 46.0 Å². The number of halogens is 6. The van der Waals surface area contributed by atoms with Crippen LogP contribution >= 0.6 is 0 Å². The van der Waals surface area contributed by atoms with Crippen molar-refractivity contribution in [2.75, 3.05) is 10.6 Å². The van der Waals surface area contributed by atoms with Crippen LogP contribution in [-0.2, 0) is 12.4 Å². The Bertz CT molecular complexity index is 3180. The van der Waals surface area contributed by atoms with Crippen molar-refractivity contribution < 1.29 is 71.0 Å². The van der Waals surface area contributed by atoms with E-state index in [9.17, 15) is 35.9 Å². The van der Waals surface area contributed by atoms with E-state index in [0.29, 0.717) is 33.9 Å². The van der Waals surface area contributed by atoms with Crippen LogP contribution in [0.5, 0.6) is 0 Å². The molecule has 0 saturated heterocycles. The number of hydrogen-bond acceptors (Lipinski definition) is 7. The van der Waals surface area contributed by atoms with E-state index >= 15 is 0 Å². The van der Waals surface area contributed by atoms with E-state index in [1.165, 1.54) is 30.5 Å². The third-order valence-electron chi connectivity index (χ3n) is 9.27. The summed E-state index contributed by atoms with van der Waals surface area (Å²) < 4.78 is 80.9. The second kappa shape index (κ2) is 21.5. The molecule has 8 rings (SSSR count). The van der Waals surface area contributed by atoms with Crippen LogP contribution in [0.3, 0.4) is 0 Å². The smallest absolute Gasteiger partial charge is 0.870 e. The second-order valence-electron chi connectivity index (χ2n) is 15.1. The fourth-order valence-corrected chi connectivity index (χ4v) is 6.77. The third kappa shape index (κ3) is 12.6. The Hall–Kier alpha value is -7.10. The second-order valence-corrected chi connectivity index (χ2v) is 19.9. The zero-order chi connectivity index (χ0) is 45.8. The SMILES string of the molecule is C#Cc1cnn2c(-c3cccc(NC(=O)c4cccc(C(F)(F)F)c4)c3)ccnc12.C[Si](C)(C)C#Cc1cnn2c(-c3cccc(NC(=O)c4cccc(C(F)(F)F)c4)c3)ccnc12.[NH2-].[Na+].[OH-]. The van der Waals surface area contributed by atoms with Crippen molar-refractivity contribution in [1.29, 1.82) is 0 Å². The Morgan fingerprint density at radius 1 is 0.627 bits per heavy atom. The van der Waals surface area contributed by atoms with Crippen LogP contribution in [0.1, 0.15) is 43.0 Å². The molecule has 336 valence electrons. The molecule has 2 amide bonds. The summed E-state index contributed by atoms with van der Waals surface area (Å²) in [6, 6.07) is 26.0. The molecule has 0 aliphatic heterocycles. The molecule has 0 aliphatic rings. The molecule has 4 aromatic heterocycles. The minimum atomic E-state index is -4.52. The molecule has 4 aromatic carbocycles. The maximum absolute atomic E-state index is 13.0. The van der Waals surface area contributed by atoms with Gasteiger partial charge in [-0.3, -0.25) is 9.59 Å². The quantitative estimate of drug-likeness (QED) is 0.0960. The van der Waals surface area contributed by atoms with Gasteiger partial charge in [-0.2, -0.15) is 36.5 Å². The average molecular weight is 941 g/mol. The minimum absolute atomic E-state index is 0. The number of anilines is 2. The van der Waals surface area contributed by atoms with Crippen molar-refractivity contribution in [2.24, 2.45) is 0 Å². The zero-order valence-electron chi connectivity index (χ0n) is 36.1. The van der Waals surface area contributed by atoms with Crippen LogP contribution in [0.2, 0.25) is 19.6 Å². The number of fused-ring (bicyclic) bond motifs is 2. The number of aromatic nitrogens is 6. The van der Waals surface area contributed by atoms with Gasteiger partial charge in [-0.15, -0.1) is 12.0 Å². The predicted octanol–water partition coefficient (Wildman–Crippen LogP) is 8.09. The monoisotopic (exact) mass is 940 g/mol. The number of terminal acetylenes is 1. The molecule has 0 radical (unpaired) electrons. The molecule has 5 N–H and O–H groups in total. The summed E-state index contributed by atoms with van der Waals surface area (Å²) in [5.41, 5.74) is 7.57. The number of alkyl halides is 6. The summed E-state index contributed by atoms with van der Waals surface area (Å²) in [6.07, 6.45) is 2.89. The van der Waals surface area contributed by atoms with Crippen molar-refractivity contribution in [3.8, 4) is 46.3 Å². The number of carbonyl (C=O) groups is 2. The Kier molecular flexibility index (Phi) is 16.8. The molecular formula is C47H37F6N9NaO3Si-. The van der Waals surface area contributed by atoms with Crippen LogP contribution in [0, 0.1) is 23.8 Å². The molecule has 0 aliphatic carbocycles. The van der Waals surface area contributed by atoms with Gasteiger partial charge < -0.3 is 22.3 Å². The number of benzene rings is 4. The molecule has 67 heavy (non-hydrogen) atoms. The van der Waals surface area contributed by atoms with Crippen LogP contribution < -0.4 is 40.2 Å². The summed E-state index contributed by atoms with van der Waals surface area (Å²) in [4.78, 5) is 33.7. The van der Waals surface area contributed by atoms with Gasteiger partial charge in [-0.25, -0.2) is 19.0 Å². The van der Waals surface area contributed by atoms with Gasteiger partial charge in [0.05, 0.1) is 46.0 Å². The van der Waals surface area contributed by atoms with E-state index in [-0.39, 0.29) is 52.3 Å². The summed E-state index contributed by atoms with van der Waals surface area (Å²) in [7, 11) is -1.57. The first kappa shape index (κ1) is 52.5. The van der Waals surface area contributed by atoms with Gasteiger partial charge in [-0.05, 0) is 72.8 Å². The summed E-state index contributed by atoms with van der Waals surface area (Å²) in [6.45, 7) is 6.47. The van der Waals surface area contributed by atoms with Crippen LogP contribution in [0.15, 0.2) is 134 Å². The van der Waals surface area contributed by atoms with E-state index in [1.807, 2.05) is 12.1 Å². The number of nitrogens with two attached hydrogens (primary N) is 1. The van der Waals surface area contributed by atoms with Gasteiger partial charge in [0.25, 0.3) is 11.8 Å². The van der Waals surface area contributed by atoms with Gasteiger partial charge in [0.15, 0.2) is 11.3 Å². The molecule has 0 unspecified atom stereocenters. The average Bonchev–Trinajstić information content (AvgIpc) is 3.90. The molecule has 20 heteroatoms. The minimum Gasteiger partial charge on any atom is -0.870 e. The Morgan fingerprint density at radius 2 is 1.04 bits per heavy atom. The zero-order valence-corrected chi connectivity index (χ0v) is 39.1. The van der Waals surface area contributed by atoms with Crippen molar-refractivity contribution >= 4 is 42.6 Å². The number of hydrogen-bond donors (Lipinski definition) is 2. The van der Waals surface area contributed by atoms with E-state index in [0.717, 1.165) is 46.6 Å². The number of nitrogens with one attached hydrogen (secondary N) is 2. The summed E-state index contributed by atoms with van der Waals surface area (Å²) in [5.74, 6) is 4.42. The standard InChI is InChI=1S/C25H21F3N4OSi.C22H13F3N4O.H2N.Na.H2O/c1-34(2,3)13-11-19-16-30-32-22(10-12-29-23(19)32)17-6-5-9-21(15-17)31-24(33)18-7-4-8-20(14-18)25(26,27)28;1-2-14-13-27-29-19(9-10-26-20(14)29)15-5-4-8-18(12-15)28-21(30)16-6-3-7-17(11-16)22(23,24)25;;;/h4-10,12,14-16H,1-3H3,(H,31,33);1,3-13H,(H,28,30);1H2;;1H2/q;;-1;+1;/p-1. The maximum Gasteiger partial charge on any atom is 1.00 e. The molecule has 0 fully saturated rings. The molecule has 0 atom stereocenters. The van der Waals surface area contributed by atoms with E-state index < -0.39 is 43.4 Å². The van der Waals surface area contributed by atoms with Crippen LogP contribution in [0.4, 0.5) is 37.7 Å². The van der Waals surface area contributed by atoms with Crippen molar-refractivity contribution in [2.45, 2.75) is 32.0 Å². The van der Waals surface area contributed by atoms with Gasteiger partial charge in [0.2, 0.25) is 0 Å². The fourth-order valence-electron chi connectivity index (χ4n) is 6.26. The van der Waals surface area contributed by atoms with E-state index in [2.05, 4.69) is 67.8 Å². The largest absolute Gasteiger partial charge is 1.00 e. The maximum atomic E-state index is 13.0. The van der Waals surface area contributed by atoms with Gasteiger partial charge in [0.1, 0.15) is 8.07 Å². The number of carbonyl (C=O) groups excluding carboxylic acids is 2. The number of nitrogens with zero attached hydrogens (tertiary/aromatic N) is 6. The normalized spacial score (nSPS) is 11.0. The van der Waals surface area contributed by atoms with Gasteiger partial charge >= 0.3 is 41.9 Å². The fraction of sp³-hybridized carbons (Fsp3) is 0.106. The van der Waals surface area contributed by atoms with Crippen molar-refractivity contribution in [3.05, 3.63) is 174 Å². The van der Waals surface area contributed by atoms with Crippen molar-refractivity contribution in [3.63, 3.8) is 0 Å². The molecule has 0 spiro atoms. The Balaban J connectivity index is 0.000000282. The first-order valence-corrected chi connectivity index (χ1v) is 22.7. The van der Waals surface area contributed by atoms with Crippen LogP contribution in [0.25, 0.3) is 40.0 Å². The van der Waals surface area contributed by atoms with Crippen LogP contribution in [-0.4, -0.2) is 54.6 Å². The van der Waals surface area contributed by atoms with Gasteiger partial charge in [-0.1, -0.05) is 67.9 Å². The Labute approximate surface area is 403 Å². The third-order valence-corrected chi connectivity index (χ3v) is 10.1. The first-order chi connectivity index (χ1) is 30.4. The molecule has 0 bridgehead atoms. The predicted molar refractivity (Wildman–Crippen MR) is 241 cm³/mol. The Morgan fingerprint density at radius 3 is 1.46 bits per heavy atom. The molecule has 12 nitrogen and oxygen atoms in total. The summed E-state index contributed by atoms with van der Waals surface area (Å²) in [5, 5.41) is 14.0. The van der Waals surface area contributed by atoms with Crippen molar-refractivity contribution in [1.82, 2.24) is 29.2 Å². The van der Waals surface area contributed by atoms with E-state index in [4.69, 9.17) is 6.42 Å². The number of amides is 2. The van der Waals surface area contributed by atoms with E-state index in [1.54, 1.807) is 76.2 Å². The molecular weight excluding hydrogens is 904 g/mol. The topological polar surface area (TPSA) is 182 Å². The molecule has 0 saturated carbocycles. The molecule has 4 heterocycles. The molecule has 8 aromatic rings. The first-order valence-electron chi connectivity index (χ1n) is 19.2. The summed E-state index contributed by atoms with van der Waals surface area (Å²) >= 11 is 0.